The fourth-order valence-electron chi connectivity index (χ4n) is 2.99. The average Bonchev–Trinajstić information content (AvgIpc) is 2.75. The molecule has 2 N–H and O–H groups in total. The second-order valence-corrected chi connectivity index (χ2v) is 7.74. The maximum absolute atomic E-state index is 13.4. The Kier molecular flexibility index (Phi) is 5.49. The lowest BCUT2D eigenvalue weighted by molar-refractivity contribution is 0.0951. The number of pyridine rings is 1. The Morgan fingerprint density at radius 1 is 1.13 bits per heavy atom. The summed E-state index contributed by atoms with van der Waals surface area (Å²) in [7, 11) is -1.79. The van der Waals surface area contributed by atoms with Gasteiger partial charge in [-0.2, -0.15) is 0 Å². The van der Waals surface area contributed by atoms with Gasteiger partial charge in [-0.25, -0.2) is 8.60 Å². The Balaban J connectivity index is 1.59. The number of hydrogen-bond donors (Lipinski definition) is 2. The highest BCUT2D eigenvalue weighted by Crippen LogP contribution is 2.29. The molecule has 0 bridgehead atoms. The van der Waals surface area contributed by atoms with Gasteiger partial charge >= 0.3 is 0 Å². The Morgan fingerprint density at radius 3 is 2.70 bits per heavy atom. The third kappa shape index (κ3) is 4.18. The third-order valence-electron chi connectivity index (χ3n) is 4.50. The number of ketones is 1. The molecule has 0 fully saturated rings. The van der Waals surface area contributed by atoms with E-state index in [0.717, 1.165) is 5.56 Å². The maximum Gasteiger partial charge on any atom is 0.251 e. The van der Waals surface area contributed by atoms with Crippen LogP contribution in [-0.2, 0) is 17.5 Å². The number of rotatable bonds is 4. The van der Waals surface area contributed by atoms with Crippen LogP contribution >= 0.6 is 0 Å². The monoisotopic (exact) mass is 421 g/mol. The predicted octanol–water partition coefficient (Wildman–Crippen LogP) is 3.46. The zero-order chi connectivity index (χ0) is 21.1. The molecular weight excluding hydrogens is 405 g/mol. The average molecular weight is 421 g/mol. The molecule has 0 spiro atoms. The first kappa shape index (κ1) is 19.7. The Labute approximate surface area is 174 Å². The molecule has 0 aliphatic carbocycles. The van der Waals surface area contributed by atoms with Crippen molar-refractivity contribution in [3.63, 3.8) is 0 Å². The summed E-state index contributed by atoms with van der Waals surface area (Å²) in [6.45, 7) is 0.319. The molecular formula is C22H16FN3O3S. The summed E-state index contributed by atoms with van der Waals surface area (Å²) in [6.07, 6.45) is 4.66. The van der Waals surface area contributed by atoms with Gasteiger partial charge in [0, 0.05) is 30.1 Å². The molecule has 1 aliphatic heterocycles. The first-order valence-corrected chi connectivity index (χ1v) is 10.2. The molecule has 0 radical (unpaired) electrons. The number of anilines is 1. The quantitative estimate of drug-likeness (QED) is 0.632. The molecule has 1 aromatic heterocycles. The first-order valence-electron chi connectivity index (χ1n) is 9.03. The summed E-state index contributed by atoms with van der Waals surface area (Å²) in [5.74, 6) is -1.28. The fraction of sp³-hybridized carbons (Fsp3) is 0.0455. The summed E-state index contributed by atoms with van der Waals surface area (Å²) in [5, 5.41) is 2.79. The minimum atomic E-state index is -1.79. The Morgan fingerprint density at radius 2 is 1.93 bits per heavy atom. The molecule has 6 nitrogen and oxygen atoms in total. The topological polar surface area (TPSA) is 88.2 Å². The van der Waals surface area contributed by atoms with Gasteiger partial charge in [0.2, 0.25) is 5.78 Å². The number of carbonyl (C=O) groups is 2. The molecule has 1 unspecified atom stereocenters. The number of amides is 1. The lowest BCUT2D eigenvalue weighted by atomic mass is 10.0. The number of hydrogen-bond acceptors (Lipinski definition) is 4. The van der Waals surface area contributed by atoms with E-state index in [0.29, 0.717) is 23.4 Å². The van der Waals surface area contributed by atoms with E-state index in [4.69, 9.17) is 0 Å². The number of carbonyl (C=O) groups excluding carboxylic acids is 2. The zero-order valence-electron chi connectivity index (χ0n) is 15.6. The third-order valence-corrected chi connectivity index (χ3v) is 5.61. The van der Waals surface area contributed by atoms with Crippen molar-refractivity contribution >= 4 is 34.4 Å². The van der Waals surface area contributed by atoms with E-state index >= 15 is 0 Å². The number of nitrogens with one attached hydrogen (secondary N) is 2. The molecule has 1 aliphatic rings. The SMILES string of the molecule is O=C(NCc1ccncc1)c1ccc2c(c1)C(=O)/C(=C/c1cccc(F)c1)S(=O)N2. The molecule has 0 saturated carbocycles. The van der Waals surface area contributed by atoms with Crippen LogP contribution in [0.4, 0.5) is 10.1 Å². The van der Waals surface area contributed by atoms with Crippen LogP contribution in [0.1, 0.15) is 31.8 Å². The van der Waals surface area contributed by atoms with Crippen LogP contribution < -0.4 is 10.0 Å². The van der Waals surface area contributed by atoms with Crippen LogP contribution in [-0.4, -0.2) is 20.9 Å². The van der Waals surface area contributed by atoms with E-state index in [1.165, 1.54) is 30.3 Å². The number of allylic oxidation sites excluding steroid dienone is 1. The van der Waals surface area contributed by atoms with Gasteiger partial charge in [0.15, 0.2) is 11.0 Å². The highest BCUT2D eigenvalue weighted by atomic mass is 32.2. The van der Waals surface area contributed by atoms with Crippen LogP contribution in [0.25, 0.3) is 6.08 Å². The van der Waals surface area contributed by atoms with Crippen LogP contribution in [0, 0.1) is 5.82 Å². The van der Waals surface area contributed by atoms with Gasteiger partial charge in [-0.3, -0.25) is 14.6 Å². The highest BCUT2D eigenvalue weighted by molar-refractivity contribution is 7.91. The smallest absolute Gasteiger partial charge is 0.251 e. The van der Waals surface area contributed by atoms with E-state index in [2.05, 4.69) is 15.0 Å². The number of benzene rings is 2. The van der Waals surface area contributed by atoms with Crippen molar-refractivity contribution in [2.75, 3.05) is 4.72 Å². The van der Waals surface area contributed by atoms with Crippen molar-refractivity contribution in [1.29, 1.82) is 0 Å². The van der Waals surface area contributed by atoms with E-state index in [9.17, 15) is 18.2 Å². The van der Waals surface area contributed by atoms with Crippen LogP contribution in [0.2, 0.25) is 0 Å². The number of halogens is 1. The van der Waals surface area contributed by atoms with Crippen LogP contribution in [0.15, 0.2) is 71.9 Å². The molecule has 2 aromatic carbocycles. The molecule has 150 valence electrons. The summed E-state index contributed by atoms with van der Waals surface area (Å²) in [6, 6.07) is 13.8. The maximum atomic E-state index is 13.4. The minimum Gasteiger partial charge on any atom is -0.348 e. The molecule has 8 heteroatoms. The molecule has 3 aromatic rings. The van der Waals surface area contributed by atoms with Crippen molar-refractivity contribution in [1.82, 2.24) is 10.3 Å². The number of fused-ring (bicyclic) bond motifs is 1. The molecule has 1 amide bonds. The molecule has 30 heavy (non-hydrogen) atoms. The zero-order valence-corrected chi connectivity index (χ0v) is 16.4. The molecule has 2 heterocycles. The standard InChI is InChI=1S/C22H16FN3O3S/c23-17-3-1-2-15(10-17)11-20-21(27)18-12-16(4-5-19(18)26-30(20)29)22(28)25-13-14-6-8-24-9-7-14/h1-12,26H,13H2,(H,25,28)/b20-11-. The summed E-state index contributed by atoms with van der Waals surface area (Å²) in [4.78, 5) is 29.4. The largest absolute Gasteiger partial charge is 0.348 e. The second-order valence-electron chi connectivity index (χ2n) is 6.56. The van der Waals surface area contributed by atoms with Gasteiger partial charge in [-0.05, 0) is 59.7 Å². The number of aromatic nitrogens is 1. The summed E-state index contributed by atoms with van der Waals surface area (Å²) >= 11 is 0. The predicted molar refractivity (Wildman–Crippen MR) is 112 cm³/mol. The van der Waals surface area contributed by atoms with Gasteiger partial charge in [-0.15, -0.1) is 0 Å². The second kappa shape index (κ2) is 8.38. The van der Waals surface area contributed by atoms with E-state index in [-0.39, 0.29) is 16.4 Å². The Hall–Kier alpha value is -3.65. The minimum absolute atomic E-state index is 0.0116. The van der Waals surface area contributed by atoms with Crippen molar-refractivity contribution in [2.45, 2.75) is 6.54 Å². The normalized spacial score (nSPS) is 16.6. The van der Waals surface area contributed by atoms with Gasteiger partial charge < -0.3 is 10.0 Å². The van der Waals surface area contributed by atoms with Crippen LogP contribution in [0.3, 0.4) is 0 Å². The summed E-state index contributed by atoms with van der Waals surface area (Å²) < 4.78 is 28.7. The Bertz CT molecular complexity index is 1200. The highest BCUT2D eigenvalue weighted by Gasteiger charge is 2.28. The molecule has 4 rings (SSSR count). The van der Waals surface area contributed by atoms with Crippen molar-refractivity contribution in [3.05, 3.63) is 100.0 Å². The van der Waals surface area contributed by atoms with Crippen LogP contribution in [0.5, 0.6) is 0 Å². The van der Waals surface area contributed by atoms with Crippen molar-refractivity contribution < 1.29 is 18.2 Å². The van der Waals surface area contributed by atoms with E-state index in [1.54, 1.807) is 42.7 Å². The number of nitrogens with zero attached hydrogens (tertiary/aromatic N) is 1. The van der Waals surface area contributed by atoms with E-state index < -0.39 is 22.6 Å². The lowest BCUT2D eigenvalue weighted by Crippen LogP contribution is -2.25. The van der Waals surface area contributed by atoms with Gasteiger partial charge in [0.05, 0.1) is 5.69 Å². The first-order chi connectivity index (χ1) is 14.5. The van der Waals surface area contributed by atoms with Gasteiger partial charge in [0.1, 0.15) is 10.7 Å². The fourth-order valence-corrected chi connectivity index (χ4v) is 4.00. The van der Waals surface area contributed by atoms with E-state index in [1.807, 2.05) is 0 Å². The van der Waals surface area contributed by atoms with Gasteiger partial charge in [-0.1, -0.05) is 12.1 Å². The molecule has 1 atom stereocenters. The van der Waals surface area contributed by atoms with Crippen molar-refractivity contribution in [3.8, 4) is 0 Å². The van der Waals surface area contributed by atoms with Crippen molar-refractivity contribution in [2.24, 2.45) is 0 Å². The summed E-state index contributed by atoms with van der Waals surface area (Å²) in [5.41, 5.74) is 2.22. The van der Waals surface area contributed by atoms with Gasteiger partial charge in [0.25, 0.3) is 5.91 Å². The lowest BCUT2D eigenvalue weighted by Gasteiger charge is -2.19. The molecule has 0 saturated heterocycles. The number of Topliss-reactive ketones (excluding diaryl/α,β-unsaturated/α-hetero) is 1.